The number of aromatic amines is 1. The van der Waals surface area contributed by atoms with Crippen molar-refractivity contribution < 1.29 is 14.0 Å². The molecule has 0 saturated heterocycles. The highest BCUT2D eigenvalue weighted by Crippen LogP contribution is 2.43. The van der Waals surface area contributed by atoms with Crippen LogP contribution in [-0.4, -0.2) is 39.5 Å². The van der Waals surface area contributed by atoms with Gasteiger partial charge < -0.3 is 15.2 Å². The number of amides is 2. The van der Waals surface area contributed by atoms with Gasteiger partial charge in [0, 0.05) is 40.6 Å². The number of thioether (sulfide) groups is 1. The zero-order valence-electron chi connectivity index (χ0n) is 16.4. The number of hydrogen-bond acceptors (Lipinski definition) is 3. The number of nitrogens with zero attached hydrogens (tertiary/aromatic N) is 1. The zero-order chi connectivity index (χ0) is 20.9. The lowest BCUT2D eigenvalue weighted by Gasteiger charge is -2.37. The predicted octanol–water partition coefficient (Wildman–Crippen LogP) is 4.43. The molecule has 5 nitrogen and oxygen atoms in total. The Bertz CT molecular complexity index is 1220. The van der Waals surface area contributed by atoms with E-state index in [9.17, 15) is 14.0 Å². The molecule has 3 heterocycles. The third kappa shape index (κ3) is 3.01. The number of aromatic nitrogens is 1. The van der Waals surface area contributed by atoms with E-state index in [0.717, 1.165) is 32.6 Å². The SMILES string of the molecule is CC1(C(=O)N2CC=C(c3c[nH]c4cc(F)ccc34)CC2)Sc2ccccc2NC1=O. The average molecular weight is 421 g/mol. The standard InChI is InChI=1S/C23H20FN3O2S/c1-23(21(28)26-18-4-2-3-5-20(18)30-23)22(29)27-10-8-14(9-11-27)17-13-25-19-12-15(24)6-7-16(17)19/h2-8,12-13,25H,9-11H2,1H3,(H,26,28). The maximum atomic E-state index is 13.5. The summed E-state index contributed by atoms with van der Waals surface area (Å²) in [6, 6.07) is 12.2. The van der Waals surface area contributed by atoms with E-state index in [2.05, 4.69) is 10.3 Å². The largest absolute Gasteiger partial charge is 0.360 e. The molecule has 2 amide bonds. The minimum absolute atomic E-state index is 0.184. The Morgan fingerprint density at radius 3 is 2.87 bits per heavy atom. The summed E-state index contributed by atoms with van der Waals surface area (Å²) in [4.78, 5) is 31.8. The fraction of sp³-hybridized carbons (Fsp3) is 0.217. The number of carbonyl (C=O) groups excluding carboxylic acids is 2. The molecule has 3 aromatic rings. The molecule has 30 heavy (non-hydrogen) atoms. The van der Waals surface area contributed by atoms with E-state index in [-0.39, 0.29) is 17.6 Å². The molecule has 2 N–H and O–H groups in total. The van der Waals surface area contributed by atoms with Gasteiger partial charge in [-0.15, -0.1) is 0 Å². The number of rotatable bonds is 2. The molecule has 5 rings (SSSR count). The van der Waals surface area contributed by atoms with Crippen LogP contribution in [-0.2, 0) is 9.59 Å². The summed E-state index contributed by atoms with van der Waals surface area (Å²) in [5, 5.41) is 3.83. The van der Waals surface area contributed by atoms with Crippen molar-refractivity contribution in [2.24, 2.45) is 0 Å². The number of fused-ring (bicyclic) bond motifs is 2. The van der Waals surface area contributed by atoms with Crippen molar-refractivity contribution in [2.75, 3.05) is 18.4 Å². The van der Waals surface area contributed by atoms with Crippen LogP contribution < -0.4 is 5.32 Å². The molecule has 2 aliphatic heterocycles. The summed E-state index contributed by atoms with van der Waals surface area (Å²) in [5.41, 5.74) is 3.65. The number of benzene rings is 2. The molecule has 152 valence electrons. The molecule has 0 saturated carbocycles. The summed E-state index contributed by atoms with van der Waals surface area (Å²) in [6.07, 6.45) is 4.58. The number of hydrogen-bond donors (Lipinski definition) is 2. The zero-order valence-corrected chi connectivity index (χ0v) is 17.2. The van der Waals surface area contributed by atoms with Gasteiger partial charge in [0.25, 0.3) is 0 Å². The molecule has 0 radical (unpaired) electrons. The monoisotopic (exact) mass is 421 g/mol. The van der Waals surface area contributed by atoms with Crippen molar-refractivity contribution in [3.8, 4) is 0 Å². The minimum atomic E-state index is -1.20. The van der Waals surface area contributed by atoms with Crippen LogP contribution in [0, 0.1) is 5.82 Å². The van der Waals surface area contributed by atoms with Crippen molar-refractivity contribution in [3.05, 3.63) is 66.1 Å². The van der Waals surface area contributed by atoms with Gasteiger partial charge >= 0.3 is 0 Å². The topological polar surface area (TPSA) is 65.2 Å². The maximum absolute atomic E-state index is 13.5. The van der Waals surface area contributed by atoms with E-state index in [1.807, 2.05) is 36.5 Å². The van der Waals surface area contributed by atoms with Gasteiger partial charge in [0.05, 0.1) is 5.69 Å². The lowest BCUT2D eigenvalue weighted by atomic mass is 9.97. The van der Waals surface area contributed by atoms with E-state index in [1.54, 1.807) is 17.9 Å². The first-order valence-corrected chi connectivity index (χ1v) is 10.6. The number of H-pyrrole nitrogens is 1. The quantitative estimate of drug-likeness (QED) is 0.602. The molecule has 7 heteroatoms. The lowest BCUT2D eigenvalue weighted by molar-refractivity contribution is -0.137. The van der Waals surface area contributed by atoms with Crippen molar-refractivity contribution in [3.63, 3.8) is 0 Å². The molecule has 2 aromatic carbocycles. The van der Waals surface area contributed by atoms with Crippen molar-refractivity contribution in [1.82, 2.24) is 9.88 Å². The van der Waals surface area contributed by atoms with E-state index in [0.29, 0.717) is 19.5 Å². The first-order chi connectivity index (χ1) is 14.5. The minimum Gasteiger partial charge on any atom is -0.360 e. The van der Waals surface area contributed by atoms with E-state index < -0.39 is 4.75 Å². The number of carbonyl (C=O) groups is 2. The second kappa shape index (κ2) is 7.02. The van der Waals surface area contributed by atoms with Crippen molar-refractivity contribution >= 4 is 45.7 Å². The second-order valence-electron chi connectivity index (χ2n) is 7.71. The van der Waals surface area contributed by atoms with Crippen LogP contribution in [0.5, 0.6) is 0 Å². The first-order valence-electron chi connectivity index (χ1n) is 9.80. The van der Waals surface area contributed by atoms with Crippen molar-refractivity contribution in [2.45, 2.75) is 23.0 Å². The van der Waals surface area contributed by atoms with Gasteiger partial charge in [0.2, 0.25) is 11.8 Å². The van der Waals surface area contributed by atoms with Crippen LogP contribution >= 0.6 is 11.8 Å². The van der Waals surface area contributed by atoms with Gasteiger partial charge in [0.1, 0.15) is 5.82 Å². The van der Waals surface area contributed by atoms with Crippen LogP contribution in [0.4, 0.5) is 10.1 Å². The molecule has 0 aliphatic carbocycles. The van der Waals surface area contributed by atoms with Crippen LogP contribution in [0.1, 0.15) is 18.9 Å². The first kappa shape index (κ1) is 18.9. The Kier molecular flexibility index (Phi) is 4.43. The summed E-state index contributed by atoms with van der Waals surface area (Å²) >= 11 is 1.31. The summed E-state index contributed by atoms with van der Waals surface area (Å²) < 4.78 is 12.3. The van der Waals surface area contributed by atoms with Crippen LogP contribution in [0.15, 0.2) is 59.6 Å². The number of halogens is 1. The van der Waals surface area contributed by atoms with Gasteiger partial charge in [-0.25, -0.2) is 4.39 Å². The normalized spacial score (nSPS) is 21.2. The van der Waals surface area contributed by atoms with Crippen molar-refractivity contribution in [1.29, 1.82) is 0 Å². The Hall–Kier alpha value is -3.06. The number of nitrogens with one attached hydrogen (secondary N) is 2. The molecule has 0 spiro atoms. The van der Waals surface area contributed by atoms with Gasteiger partial charge in [-0.3, -0.25) is 9.59 Å². The average Bonchev–Trinajstić information content (AvgIpc) is 3.17. The van der Waals surface area contributed by atoms with E-state index in [1.165, 1.54) is 23.9 Å². The summed E-state index contributed by atoms with van der Waals surface area (Å²) in [6.45, 7) is 2.66. The predicted molar refractivity (Wildman–Crippen MR) is 117 cm³/mol. The lowest BCUT2D eigenvalue weighted by Crippen LogP contribution is -2.54. The highest BCUT2D eigenvalue weighted by molar-refractivity contribution is 8.02. The Morgan fingerprint density at radius 1 is 1.23 bits per heavy atom. The Balaban J connectivity index is 1.37. The number of anilines is 1. The summed E-state index contributed by atoms with van der Waals surface area (Å²) in [7, 11) is 0. The van der Waals surface area contributed by atoms with Crippen LogP contribution in [0.2, 0.25) is 0 Å². The molecule has 1 aromatic heterocycles. The van der Waals surface area contributed by atoms with Gasteiger partial charge in [-0.05, 0) is 49.2 Å². The maximum Gasteiger partial charge on any atom is 0.250 e. The molecule has 2 aliphatic rings. The molecule has 0 fully saturated rings. The van der Waals surface area contributed by atoms with Gasteiger partial charge in [0.15, 0.2) is 4.75 Å². The summed E-state index contributed by atoms with van der Waals surface area (Å²) in [5.74, 6) is -0.746. The molecule has 0 bridgehead atoms. The molecular formula is C23H20FN3O2S. The van der Waals surface area contributed by atoms with Gasteiger partial charge in [-0.2, -0.15) is 0 Å². The molecule has 1 unspecified atom stereocenters. The van der Waals surface area contributed by atoms with Gasteiger partial charge in [-0.1, -0.05) is 30.0 Å². The fourth-order valence-electron chi connectivity index (χ4n) is 4.07. The smallest absolute Gasteiger partial charge is 0.250 e. The second-order valence-corrected chi connectivity index (χ2v) is 9.17. The third-order valence-corrected chi connectivity index (χ3v) is 7.12. The number of para-hydroxylation sites is 1. The molecule has 1 atom stereocenters. The van der Waals surface area contributed by atoms with Crippen LogP contribution in [0.25, 0.3) is 16.5 Å². The fourth-order valence-corrected chi connectivity index (χ4v) is 5.25. The Labute approximate surface area is 177 Å². The Morgan fingerprint density at radius 2 is 2.07 bits per heavy atom. The van der Waals surface area contributed by atoms with Crippen LogP contribution in [0.3, 0.4) is 0 Å². The highest BCUT2D eigenvalue weighted by Gasteiger charge is 2.47. The highest BCUT2D eigenvalue weighted by atomic mass is 32.2. The van der Waals surface area contributed by atoms with E-state index in [4.69, 9.17) is 0 Å². The third-order valence-electron chi connectivity index (χ3n) is 5.78. The molecular weight excluding hydrogens is 401 g/mol. The van der Waals surface area contributed by atoms with E-state index >= 15 is 0 Å².